The second-order valence-corrected chi connectivity index (χ2v) is 9.42. The average molecular weight is 504 g/mol. The molecule has 0 spiro atoms. The molecule has 0 aliphatic rings. The third-order valence-electron chi connectivity index (χ3n) is 6.24. The predicted octanol–water partition coefficient (Wildman–Crippen LogP) is 5.99. The zero-order valence-electron chi connectivity index (χ0n) is 22.0. The summed E-state index contributed by atoms with van der Waals surface area (Å²) in [4.78, 5) is 30.2. The van der Waals surface area contributed by atoms with E-state index in [0.29, 0.717) is 12.2 Å². The van der Waals surface area contributed by atoms with Gasteiger partial charge >= 0.3 is 5.97 Å². The summed E-state index contributed by atoms with van der Waals surface area (Å²) >= 11 is 0. The first-order valence-electron chi connectivity index (χ1n) is 12.5. The molecule has 1 aromatic carbocycles. The van der Waals surface area contributed by atoms with Crippen LogP contribution >= 0.6 is 0 Å². The molecule has 0 radical (unpaired) electrons. The highest BCUT2D eigenvalue weighted by Crippen LogP contribution is 2.31. The maximum absolute atomic E-state index is 13.7. The third-order valence-corrected chi connectivity index (χ3v) is 6.24. The topological polar surface area (TPSA) is 95.0 Å². The number of ketones is 1. The monoisotopic (exact) mass is 503 g/mol. The molecule has 0 saturated carbocycles. The highest BCUT2D eigenvalue weighted by Gasteiger charge is 2.33. The Balaban J connectivity index is 2.22. The molecule has 2 aromatic rings. The van der Waals surface area contributed by atoms with E-state index in [4.69, 9.17) is 14.2 Å². The molecule has 8 heteroatoms. The maximum Gasteiger partial charge on any atom is 0.309 e. The van der Waals surface area contributed by atoms with Gasteiger partial charge in [-0.2, -0.15) is 0 Å². The highest BCUT2D eigenvalue weighted by atomic mass is 19.1. The van der Waals surface area contributed by atoms with Crippen molar-refractivity contribution in [3.63, 3.8) is 0 Å². The number of methoxy groups -OCH3 is 1. The fourth-order valence-corrected chi connectivity index (χ4v) is 4.33. The van der Waals surface area contributed by atoms with Gasteiger partial charge < -0.3 is 19.3 Å². The summed E-state index contributed by atoms with van der Waals surface area (Å²) in [6.07, 6.45) is 2.05. The molecule has 0 aliphatic heterocycles. The van der Waals surface area contributed by atoms with Crippen molar-refractivity contribution in [2.75, 3.05) is 7.11 Å². The lowest BCUT2D eigenvalue weighted by molar-refractivity contribution is -0.160. The van der Waals surface area contributed by atoms with Crippen LogP contribution in [0.5, 0.6) is 17.2 Å². The first kappa shape index (κ1) is 29.1. The van der Waals surface area contributed by atoms with Gasteiger partial charge in [0.1, 0.15) is 23.8 Å². The molecule has 3 atom stereocenters. The minimum atomic E-state index is -0.733. The quantitative estimate of drug-likeness (QED) is 0.250. The van der Waals surface area contributed by atoms with Crippen molar-refractivity contribution in [2.45, 2.75) is 72.5 Å². The fraction of sp³-hybridized carbons (Fsp3) is 0.536. The van der Waals surface area contributed by atoms with E-state index in [9.17, 15) is 19.1 Å². The lowest BCUT2D eigenvalue weighted by Gasteiger charge is -2.32. The maximum atomic E-state index is 13.7. The van der Waals surface area contributed by atoms with Gasteiger partial charge in [0.05, 0.1) is 13.0 Å². The Morgan fingerprint density at radius 1 is 1.11 bits per heavy atom. The molecule has 198 valence electrons. The fourth-order valence-electron chi connectivity index (χ4n) is 4.33. The van der Waals surface area contributed by atoms with E-state index in [2.05, 4.69) is 4.98 Å². The van der Waals surface area contributed by atoms with E-state index in [-0.39, 0.29) is 35.4 Å². The summed E-state index contributed by atoms with van der Waals surface area (Å²) in [5.41, 5.74) is -0.145. The first-order chi connectivity index (χ1) is 17.1. The number of aromatic nitrogens is 1. The van der Waals surface area contributed by atoms with Crippen molar-refractivity contribution in [1.29, 1.82) is 0 Å². The van der Waals surface area contributed by atoms with Crippen LogP contribution in [0.1, 0.15) is 70.8 Å². The van der Waals surface area contributed by atoms with E-state index >= 15 is 0 Å². The van der Waals surface area contributed by atoms with Crippen molar-refractivity contribution in [3.05, 3.63) is 48.0 Å². The smallest absolute Gasteiger partial charge is 0.309 e. The number of halogens is 1. The van der Waals surface area contributed by atoms with E-state index in [1.807, 2.05) is 27.7 Å². The first-order valence-corrected chi connectivity index (χ1v) is 12.5. The number of benzene rings is 1. The Bertz CT molecular complexity index is 1010. The van der Waals surface area contributed by atoms with Crippen LogP contribution in [-0.2, 0) is 9.53 Å². The number of aromatic hydroxyl groups is 1. The Hall–Kier alpha value is -3.16. The second kappa shape index (κ2) is 13.8. The summed E-state index contributed by atoms with van der Waals surface area (Å²) < 4.78 is 30.8. The van der Waals surface area contributed by atoms with Crippen LogP contribution in [-0.4, -0.2) is 41.2 Å². The molecule has 1 heterocycles. The minimum Gasteiger partial charge on any atom is -0.503 e. The summed E-state index contributed by atoms with van der Waals surface area (Å²) in [5, 5.41) is 10.3. The molecule has 1 N–H and O–H groups in total. The van der Waals surface area contributed by atoms with Crippen LogP contribution in [0, 0.1) is 23.6 Å². The number of pyridine rings is 1. The Morgan fingerprint density at radius 3 is 2.39 bits per heavy atom. The molecule has 0 fully saturated rings. The summed E-state index contributed by atoms with van der Waals surface area (Å²) in [7, 11) is 1.38. The normalized spacial score (nSPS) is 13.8. The van der Waals surface area contributed by atoms with Gasteiger partial charge in [-0.1, -0.05) is 33.8 Å². The van der Waals surface area contributed by atoms with Crippen LogP contribution in [0.4, 0.5) is 4.39 Å². The number of rotatable bonds is 14. The van der Waals surface area contributed by atoms with Crippen molar-refractivity contribution in [3.8, 4) is 17.2 Å². The molecule has 2 rings (SSSR count). The number of nitrogens with zero attached hydrogens (tertiary/aromatic N) is 1. The summed E-state index contributed by atoms with van der Waals surface area (Å²) in [5.74, 6) is -1.81. The predicted molar refractivity (Wildman–Crippen MR) is 135 cm³/mol. The molecule has 0 amide bonds. The van der Waals surface area contributed by atoms with Crippen LogP contribution in [0.25, 0.3) is 0 Å². The van der Waals surface area contributed by atoms with Crippen LogP contribution in [0.3, 0.4) is 0 Å². The van der Waals surface area contributed by atoms with Gasteiger partial charge in [-0.3, -0.25) is 9.59 Å². The van der Waals surface area contributed by atoms with Gasteiger partial charge in [0, 0.05) is 24.8 Å². The SMILES string of the molecule is CCC(CC)[C@H](Oc1cccc(F)c1)[C@H](C)OC(=O)[C@@H](CC(=O)c1nccc(OC)c1O)CC(C)C. The molecule has 7 nitrogen and oxygen atoms in total. The number of Topliss-reactive ketones (excluding diaryl/α,β-unsaturated/α-hetero) is 1. The molecule has 0 saturated heterocycles. The van der Waals surface area contributed by atoms with Crippen molar-refractivity contribution >= 4 is 11.8 Å². The minimum absolute atomic E-state index is 0.0687. The Morgan fingerprint density at radius 2 is 1.81 bits per heavy atom. The van der Waals surface area contributed by atoms with E-state index in [1.165, 1.54) is 31.5 Å². The number of carbonyl (C=O) groups is 2. The van der Waals surface area contributed by atoms with Gasteiger partial charge in [-0.25, -0.2) is 9.37 Å². The molecule has 0 aliphatic carbocycles. The van der Waals surface area contributed by atoms with Gasteiger partial charge in [0.2, 0.25) is 0 Å². The number of hydrogen-bond donors (Lipinski definition) is 1. The van der Waals surface area contributed by atoms with E-state index in [1.54, 1.807) is 19.1 Å². The van der Waals surface area contributed by atoms with E-state index < -0.39 is 35.7 Å². The van der Waals surface area contributed by atoms with Crippen LogP contribution in [0.15, 0.2) is 36.5 Å². The second-order valence-electron chi connectivity index (χ2n) is 9.42. The third kappa shape index (κ3) is 7.93. The molecule has 36 heavy (non-hydrogen) atoms. The lowest BCUT2D eigenvalue weighted by atomic mass is 9.90. The molecular weight excluding hydrogens is 465 g/mol. The Kier molecular flexibility index (Phi) is 11.1. The number of esters is 1. The molecular formula is C28H38FNO6. The van der Waals surface area contributed by atoms with Gasteiger partial charge in [-0.15, -0.1) is 0 Å². The zero-order chi connectivity index (χ0) is 26.8. The largest absolute Gasteiger partial charge is 0.503 e. The number of carbonyl (C=O) groups excluding carboxylic acids is 2. The lowest BCUT2D eigenvalue weighted by Crippen LogP contribution is -2.40. The van der Waals surface area contributed by atoms with Crippen molar-refractivity contribution in [1.82, 2.24) is 4.98 Å². The molecule has 0 bridgehead atoms. The van der Waals surface area contributed by atoms with E-state index in [0.717, 1.165) is 12.8 Å². The highest BCUT2D eigenvalue weighted by molar-refractivity contribution is 5.99. The van der Waals surface area contributed by atoms with Crippen molar-refractivity contribution in [2.24, 2.45) is 17.8 Å². The summed E-state index contributed by atoms with van der Waals surface area (Å²) in [6.45, 7) is 9.71. The average Bonchev–Trinajstić information content (AvgIpc) is 2.83. The standard InChI is InChI=1S/C28H38FNO6/c1-7-19(8-2)27(36-22-11-9-10-21(29)16-22)18(5)35-28(33)20(14-17(3)4)15-23(31)25-26(32)24(34-6)12-13-30-25/h9-13,16-20,27,32H,7-8,14-15H2,1-6H3/t18-,20+,27+/m0/s1. The summed E-state index contributed by atoms with van der Waals surface area (Å²) in [6, 6.07) is 7.32. The number of ether oxygens (including phenoxy) is 3. The van der Waals surface area contributed by atoms with Gasteiger partial charge in [-0.05, 0) is 50.2 Å². The van der Waals surface area contributed by atoms with Gasteiger partial charge in [0.25, 0.3) is 0 Å². The molecule has 1 aromatic heterocycles. The van der Waals surface area contributed by atoms with Gasteiger partial charge in [0.15, 0.2) is 23.0 Å². The van der Waals surface area contributed by atoms with Crippen LogP contribution in [0.2, 0.25) is 0 Å². The zero-order valence-corrected chi connectivity index (χ0v) is 22.0. The molecule has 0 unspecified atom stereocenters. The van der Waals surface area contributed by atoms with Crippen molar-refractivity contribution < 1.29 is 33.3 Å². The Labute approximate surface area is 213 Å². The van der Waals surface area contributed by atoms with Crippen LogP contribution < -0.4 is 9.47 Å². The number of hydrogen-bond acceptors (Lipinski definition) is 7.